The predicted octanol–water partition coefficient (Wildman–Crippen LogP) is 2.55. The molecule has 0 radical (unpaired) electrons. The largest absolute Gasteiger partial charge is 0.481 e. The van der Waals surface area contributed by atoms with Crippen LogP contribution in [-0.4, -0.2) is 26.8 Å². The van der Waals surface area contributed by atoms with Gasteiger partial charge < -0.3 is 10.4 Å². The second kappa shape index (κ2) is 5.66. The first-order valence-corrected chi connectivity index (χ1v) is 7.02. The van der Waals surface area contributed by atoms with Crippen LogP contribution >= 0.6 is 0 Å². The van der Waals surface area contributed by atoms with Crippen LogP contribution in [-0.2, 0) is 15.8 Å². The van der Waals surface area contributed by atoms with Crippen LogP contribution in [0.4, 0.5) is 18.9 Å². The number of anilines is 1. The summed E-state index contributed by atoms with van der Waals surface area (Å²) in [6.07, 6.45) is -3.18. The summed E-state index contributed by atoms with van der Waals surface area (Å²) in [4.78, 5) is 22.6. The molecule has 0 aliphatic heterocycles. The molecule has 0 spiro atoms. The van der Waals surface area contributed by atoms with E-state index >= 15 is 0 Å². The van der Waals surface area contributed by atoms with Gasteiger partial charge in [0.15, 0.2) is 0 Å². The number of carbonyl (C=O) groups excluding carboxylic acids is 1. The van der Waals surface area contributed by atoms with Crippen molar-refractivity contribution in [3.63, 3.8) is 0 Å². The number of aliphatic carboxylic acids is 1. The Balaban J connectivity index is 1.72. The summed E-state index contributed by atoms with van der Waals surface area (Å²) in [7, 11) is 0. The van der Waals surface area contributed by atoms with Crippen molar-refractivity contribution >= 4 is 17.6 Å². The lowest BCUT2D eigenvalue weighted by Crippen LogP contribution is -2.17. The van der Waals surface area contributed by atoms with E-state index in [2.05, 4.69) is 10.4 Å². The van der Waals surface area contributed by atoms with Crippen LogP contribution in [0.25, 0.3) is 5.69 Å². The minimum Gasteiger partial charge on any atom is -0.481 e. The summed E-state index contributed by atoms with van der Waals surface area (Å²) in [5.74, 6) is -2.65. The summed E-state index contributed by atoms with van der Waals surface area (Å²) >= 11 is 0. The number of halogens is 3. The van der Waals surface area contributed by atoms with E-state index in [0.29, 0.717) is 12.1 Å². The molecule has 2 aromatic rings. The van der Waals surface area contributed by atoms with E-state index < -0.39 is 35.6 Å². The number of carbonyl (C=O) groups is 2. The quantitative estimate of drug-likeness (QED) is 0.897. The third-order valence-corrected chi connectivity index (χ3v) is 3.76. The minimum atomic E-state index is -4.53. The molecule has 2 unspecified atom stereocenters. The van der Waals surface area contributed by atoms with Gasteiger partial charge in [-0.05, 0) is 36.8 Å². The van der Waals surface area contributed by atoms with Crippen molar-refractivity contribution in [2.24, 2.45) is 11.8 Å². The molecular formula is C15H12F3N3O3. The number of hydrogen-bond acceptors (Lipinski definition) is 3. The van der Waals surface area contributed by atoms with Gasteiger partial charge in [-0.15, -0.1) is 0 Å². The zero-order valence-corrected chi connectivity index (χ0v) is 12.1. The second-order valence-electron chi connectivity index (χ2n) is 5.45. The van der Waals surface area contributed by atoms with Gasteiger partial charge in [0.2, 0.25) is 5.91 Å². The molecule has 1 aromatic heterocycles. The van der Waals surface area contributed by atoms with E-state index in [-0.39, 0.29) is 5.69 Å². The highest BCUT2D eigenvalue weighted by Crippen LogP contribution is 2.39. The van der Waals surface area contributed by atoms with Gasteiger partial charge in [0.1, 0.15) is 5.69 Å². The highest BCUT2D eigenvalue weighted by Gasteiger charge is 2.48. The number of hydrogen-bond donors (Lipinski definition) is 2. The van der Waals surface area contributed by atoms with Crippen LogP contribution in [0.3, 0.4) is 0 Å². The summed E-state index contributed by atoms with van der Waals surface area (Å²) in [5, 5.41) is 15.0. The number of amides is 1. The maximum absolute atomic E-state index is 12.9. The molecule has 1 aliphatic rings. The molecule has 1 fully saturated rings. The van der Waals surface area contributed by atoms with Crippen molar-refractivity contribution in [1.82, 2.24) is 9.78 Å². The van der Waals surface area contributed by atoms with Gasteiger partial charge in [-0.3, -0.25) is 9.59 Å². The molecular weight excluding hydrogens is 327 g/mol. The van der Waals surface area contributed by atoms with Gasteiger partial charge in [0, 0.05) is 5.69 Å². The van der Waals surface area contributed by atoms with Gasteiger partial charge >= 0.3 is 12.1 Å². The number of alkyl halides is 3. The summed E-state index contributed by atoms with van der Waals surface area (Å²) in [6, 6.07) is 6.52. The monoisotopic (exact) mass is 339 g/mol. The Morgan fingerprint density at radius 2 is 1.83 bits per heavy atom. The van der Waals surface area contributed by atoms with Crippen molar-refractivity contribution in [3.8, 4) is 5.69 Å². The maximum Gasteiger partial charge on any atom is 0.433 e. The first kappa shape index (κ1) is 16.0. The van der Waals surface area contributed by atoms with Gasteiger partial charge in [0.25, 0.3) is 0 Å². The lowest BCUT2D eigenvalue weighted by molar-refractivity contribution is -0.143. The Hall–Kier alpha value is -2.84. The van der Waals surface area contributed by atoms with Crippen molar-refractivity contribution in [1.29, 1.82) is 0 Å². The number of rotatable bonds is 4. The average molecular weight is 339 g/mol. The number of nitrogens with zero attached hydrogens (tertiary/aromatic N) is 2. The normalized spacial score (nSPS) is 19.8. The van der Waals surface area contributed by atoms with Gasteiger partial charge in [0.05, 0.1) is 23.7 Å². The number of nitrogens with one attached hydrogen (secondary N) is 1. The Morgan fingerprint density at radius 1 is 1.17 bits per heavy atom. The molecule has 9 heteroatoms. The molecule has 24 heavy (non-hydrogen) atoms. The minimum absolute atomic E-state index is 0.195. The van der Waals surface area contributed by atoms with Gasteiger partial charge in [-0.1, -0.05) is 0 Å². The van der Waals surface area contributed by atoms with Crippen LogP contribution in [0.2, 0.25) is 0 Å². The summed E-state index contributed by atoms with van der Waals surface area (Å²) in [5.41, 5.74) is -0.331. The van der Waals surface area contributed by atoms with E-state index in [9.17, 15) is 22.8 Å². The van der Waals surface area contributed by atoms with Crippen LogP contribution < -0.4 is 5.32 Å². The van der Waals surface area contributed by atoms with Crippen molar-refractivity contribution in [3.05, 3.63) is 42.2 Å². The molecule has 3 rings (SSSR count). The predicted molar refractivity (Wildman–Crippen MR) is 76.4 cm³/mol. The molecule has 126 valence electrons. The first-order chi connectivity index (χ1) is 11.3. The smallest absolute Gasteiger partial charge is 0.433 e. The Kier molecular flexibility index (Phi) is 3.78. The van der Waals surface area contributed by atoms with Crippen molar-refractivity contribution < 1.29 is 27.9 Å². The number of aromatic nitrogens is 2. The zero-order valence-electron chi connectivity index (χ0n) is 12.1. The van der Waals surface area contributed by atoms with E-state index in [4.69, 9.17) is 5.11 Å². The molecule has 1 aliphatic carbocycles. The van der Waals surface area contributed by atoms with Crippen LogP contribution in [0.1, 0.15) is 12.1 Å². The highest BCUT2D eigenvalue weighted by atomic mass is 19.4. The molecule has 1 heterocycles. The van der Waals surface area contributed by atoms with Gasteiger partial charge in [-0.2, -0.15) is 18.3 Å². The SMILES string of the molecule is O=C(O)C1CC1C(=O)Nc1ccc(-n2nccc2C(F)(F)F)cc1. The molecule has 0 saturated heterocycles. The Morgan fingerprint density at radius 3 is 2.38 bits per heavy atom. The maximum atomic E-state index is 12.9. The van der Waals surface area contributed by atoms with Gasteiger partial charge in [-0.25, -0.2) is 4.68 Å². The average Bonchev–Trinajstić information content (AvgIpc) is 3.16. The fourth-order valence-corrected chi connectivity index (χ4v) is 2.40. The Labute approximate surface area is 133 Å². The third kappa shape index (κ3) is 3.10. The lowest BCUT2D eigenvalue weighted by Gasteiger charge is -2.11. The lowest BCUT2D eigenvalue weighted by atomic mass is 10.2. The molecule has 1 saturated carbocycles. The highest BCUT2D eigenvalue weighted by molar-refractivity contribution is 5.98. The van der Waals surface area contributed by atoms with Crippen LogP contribution in [0, 0.1) is 11.8 Å². The fraction of sp³-hybridized carbons (Fsp3) is 0.267. The fourth-order valence-electron chi connectivity index (χ4n) is 2.40. The second-order valence-corrected chi connectivity index (χ2v) is 5.45. The third-order valence-electron chi connectivity index (χ3n) is 3.76. The van der Waals surface area contributed by atoms with Crippen LogP contribution in [0.15, 0.2) is 36.5 Å². The van der Waals surface area contributed by atoms with Crippen LogP contribution in [0.5, 0.6) is 0 Å². The topological polar surface area (TPSA) is 84.2 Å². The Bertz CT molecular complexity index is 783. The first-order valence-electron chi connectivity index (χ1n) is 7.02. The number of carboxylic acid groups (broad SMARTS) is 1. The molecule has 1 aromatic carbocycles. The molecule has 2 atom stereocenters. The molecule has 1 amide bonds. The van der Waals surface area contributed by atoms with E-state index in [1.54, 1.807) is 0 Å². The van der Waals surface area contributed by atoms with Crippen molar-refractivity contribution in [2.45, 2.75) is 12.6 Å². The summed E-state index contributed by atoms with van der Waals surface area (Å²) in [6.45, 7) is 0. The van der Waals surface area contributed by atoms with Crippen molar-refractivity contribution in [2.75, 3.05) is 5.32 Å². The molecule has 2 N–H and O–H groups in total. The van der Waals surface area contributed by atoms with E-state index in [1.165, 1.54) is 24.3 Å². The number of benzene rings is 1. The zero-order chi connectivity index (χ0) is 17.5. The number of carboxylic acids is 1. The summed E-state index contributed by atoms with van der Waals surface area (Å²) < 4.78 is 39.3. The molecule has 6 nitrogen and oxygen atoms in total. The van der Waals surface area contributed by atoms with E-state index in [1.807, 2.05) is 0 Å². The van der Waals surface area contributed by atoms with E-state index in [0.717, 1.165) is 16.9 Å². The standard InChI is InChI=1S/C15H12F3N3O3/c16-15(17,18)12-5-6-19-21(12)9-3-1-8(2-4-9)20-13(22)10-7-11(10)14(23)24/h1-6,10-11H,7H2,(H,20,22)(H,23,24). The molecule has 0 bridgehead atoms.